The van der Waals surface area contributed by atoms with Gasteiger partial charge in [0.2, 0.25) is 5.91 Å². The van der Waals surface area contributed by atoms with Crippen LogP contribution < -0.4 is 10.2 Å². The van der Waals surface area contributed by atoms with Crippen molar-refractivity contribution in [1.82, 2.24) is 25.0 Å². The van der Waals surface area contributed by atoms with E-state index in [-0.39, 0.29) is 17.9 Å². The minimum absolute atomic E-state index is 0.0978. The molecule has 4 rings (SSSR count). The Kier molecular flexibility index (Phi) is 9.69. The summed E-state index contributed by atoms with van der Waals surface area (Å²) in [5.41, 5.74) is 1.62. The van der Waals surface area contributed by atoms with Crippen molar-refractivity contribution in [2.24, 2.45) is 5.92 Å². The number of nitrogens with one attached hydrogen (secondary N) is 1. The van der Waals surface area contributed by atoms with Gasteiger partial charge in [-0.15, -0.1) is 10.2 Å². The molecular formula is C28H35ClN6O2S. The molecule has 0 bridgehead atoms. The van der Waals surface area contributed by atoms with E-state index in [1.54, 1.807) is 24.3 Å². The fraction of sp³-hybridized carbons (Fsp3) is 0.429. The van der Waals surface area contributed by atoms with E-state index in [0.29, 0.717) is 59.3 Å². The molecule has 1 fully saturated rings. The highest BCUT2D eigenvalue weighted by molar-refractivity contribution is 7.99. The van der Waals surface area contributed by atoms with Gasteiger partial charge >= 0.3 is 0 Å². The van der Waals surface area contributed by atoms with Crippen LogP contribution in [0.15, 0.2) is 59.8 Å². The van der Waals surface area contributed by atoms with Gasteiger partial charge < -0.3 is 19.7 Å². The molecule has 3 aromatic rings. The second-order valence-corrected chi connectivity index (χ2v) is 11.1. The van der Waals surface area contributed by atoms with E-state index in [1.807, 2.05) is 34.6 Å². The van der Waals surface area contributed by atoms with Gasteiger partial charge in [0, 0.05) is 38.4 Å². The fourth-order valence-electron chi connectivity index (χ4n) is 4.61. The molecule has 1 aliphatic heterocycles. The summed E-state index contributed by atoms with van der Waals surface area (Å²) in [5.74, 6) is 1.16. The predicted octanol–water partition coefficient (Wildman–Crippen LogP) is 4.91. The molecule has 0 unspecified atom stereocenters. The quantitative estimate of drug-likeness (QED) is 0.359. The predicted molar refractivity (Wildman–Crippen MR) is 153 cm³/mol. The highest BCUT2D eigenvalue weighted by Crippen LogP contribution is 2.26. The SMILES string of the molecule is CCn1c(SCC(=O)N2CCN(c3ccccc3)CC2)nnc1[C@@H](CC(C)C)NC(=O)c1ccccc1Cl. The molecule has 1 saturated heterocycles. The number of hydrogen-bond acceptors (Lipinski definition) is 6. The summed E-state index contributed by atoms with van der Waals surface area (Å²) in [6, 6.07) is 17.0. The third-order valence-electron chi connectivity index (χ3n) is 6.58. The Bertz CT molecular complexity index is 1230. The van der Waals surface area contributed by atoms with Crippen molar-refractivity contribution in [2.45, 2.75) is 44.9 Å². The lowest BCUT2D eigenvalue weighted by atomic mass is 10.0. The number of piperazine rings is 1. The molecule has 202 valence electrons. The number of thioether (sulfide) groups is 1. The van der Waals surface area contributed by atoms with Crippen molar-refractivity contribution in [3.8, 4) is 0 Å². The van der Waals surface area contributed by atoms with Gasteiger partial charge in [-0.3, -0.25) is 9.59 Å². The van der Waals surface area contributed by atoms with E-state index in [9.17, 15) is 9.59 Å². The summed E-state index contributed by atoms with van der Waals surface area (Å²) in [4.78, 5) is 30.3. The second-order valence-electron chi connectivity index (χ2n) is 9.71. The molecule has 0 radical (unpaired) electrons. The normalized spacial score (nSPS) is 14.6. The Hall–Kier alpha value is -3.04. The number of rotatable bonds is 10. The number of para-hydroxylation sites is 1. The fourth-order valence-corrected chi connectivity index (χ4v) is 5.75. The van der Waals surface area contributed by atoms with Crippen LogP contribution in [0.1, 0.15) is 49.4 Å². The summed E-state index contributed by atoms with van der Waals surface area (Å²) < 4.78 is 1.99. The summed E-state index contributed by atoms with van der Waals surface area (Å²) in [5, 5.41) is 13.1. The van der Waals surface area contributed by atoms with Gasteiger partial charge in [-0.2, -0.15) is 0 Å². The number of benzene rings is 2. The van der Waals surface area contributed by atoms with Gasteiger partial charge in [0.25, 0.3) is 5.91 Å². The first-order valence-corrected chi connectivity index (χ1v) is 14.4. The van der Waals surface area contributed by atoms with Gasteiger partial charge in [0.05, 0.1) is 22.4 Å². The first-order chi connectivity index (χ1) is 18.4. The van der Waals surface area contributed by atoms with Crippen molar-refractivity contribution in [3.63, 3.8) is 0 Å². The maximum atomic E-state index is 13.0. The largest absolute Gasteiger partial charge is 0.368 e. The van der Waals surface area contributed by atoms with E-state index in [2.05, 4.69) is 46.4 Å². The minimum Gasteiger partial charge on any atom is -0.368 e. The van der Waals surface area contributed by atoms with E-state index >= 15 is 0 Å². The van der Waals surface area contributed by atoms with Crippen LogP contribution in [0.25, 0.3) is 0 Å². The van der Waals surface area contributed by atoms with Crippen LogP contribution in [0.5, 0.6) is 0 Å². The van der Waals surface area contributed by atoms with Crippen LogP contribution in [-0.2, 0) is 11.3 Å². The lowest BCUT2D eigenvalue weighted by molar-refractivity contribution is -0.128. The monoisotopic (exact) mass is 554 g/mol. The third kappa shape index (κ3) is 6.88. The van der Waals surface area contributed by atoms with Crippen molar-refractivity contribution >= 4 is 40.9 Å². The van der Waals surface area contributed by atoms with E-state index in [0.717, 1.165) is 13.1 Å². The third-order valence-corrected chi connectivity index (χ3v) is 7.86. The molecule has 1 N–H and O–H groups in total. The zero-order valence-electron chi connectivity index (χ0n) is 22.1. The van der Waals surface area contributed by atoms with Crippen LogP contribution in [-0.4, -0.2) is 63.4 Å². The Balaban J connectivity index is 1.39. The van der Waals surface area contributed by atoms with E-state index in [4.69, 9.17) is 11.6 Å². The van der Waals surface area contributed by atoms with Crippen LogP contribution >= 0.6 is 23.4 Å². The number of amides is 2. The average molecular weight is 555 g/mol. The van der Waals surface area contributed by atoms with Gasteiger partial charge in [0.15, 0.2) is 11.0 Å². The number of aromatic nitrogens is 3. The van der Waals surface area contributed by atoms with Crippen molar-refractivity contribution in [2.75, 3.05) is 36.8 Å². The number of anilines is 1. The van der Waals surface area contributed by atoms with Crippen molar-refractivity contribution in [1.29, 1.82) is 0 Å². The maximum Gasteiger partial charge on any atom is 0.253 e. The smallest absolute Gasteiger partial charge is 0.253 e. The Morgan fingerprint density at radius 3 is 2.34 bits per heavy atom. The zero-order valence-corrected chi connectivity index (χ0v) is 23.7. The number of nitrogens with zero attached hydrogens (tertiary/aromatic N) is 5. The first-order valence-electron chi connectivity index (χ1n) is 13.1. The Morgan fingerprint density at radius 1 is 1.00 bits per heavy atom. The molecular weight excluding hydrogens is 520 g/mol. The molecule has 1 atom stereocenters. The highest BCUT2D eigenvalue weighted by atomic mass is 35.5. The molecule has 2 heterocycles. The topological polar surface area (TPSA) is 83.4 Å². The molecule has 38 heavy (non-hydrogen) atoms. The molecule has 0 aliphatic carbocycles. The van der Waals surface area contributed by atoms with Crippen molar-refractivity contribution < 1.29 is 9.59 Å². The number of carbonyl (C=O) groups excluding carboxylic acids is 2. The number of carbonyl (C=O) groups is 2. The standard InChI is InChI=1S/C28H35ClN6O2S/c1-4-35-26(24(18-20(2)3)30-27(37)22-12-8-9-13-23(22)29)31-32-28(35)38-19-25(36)34-16-14-33(15-17-34)21-10-6-5-7-11-21/h5-13,20,24H,4,14-19H2,1-3H3,(H,30,37)/t24-/m1/s1. The van der Waals surface area contributed by atoms with Gasteiger partial charge in [-0.05, 0) is 43.5 Å². The summed E-state index contributed by atoms with van der Waals surface area (Å²) in [6.45, 7) is 9.89. The summed E-state index contributed by atoms with van der Waals surface area (Å²) in [7, 11) is 0. The molecule has 10 heteroatoms. The summed E-state index contributed by atoms with van der Waals surface area (Å²) in [6.07, 6.45) is 0.698. The number of halogens is 1. The lowest BCUT2D eigenvalue weighted by Crippen LogP contribution is -2.49. The summed E-state index contributed by atoms with van der Waals surface area (Å²) >= 11 is 7.65. The van der Waals surface area contributed by atoms with Crippen LogP contribution in [0.4, 0.5) is 5.69 Å². The highest BCUT2D eigenvalue weighted by Gasteiger charge is 2.26. The number of hydrogen-bond donors (Lipinski definition) is 1. The Labute approximate surface area is 233 Å². The maximum absolute atomic E-state index is 13.0. The molecule has 1 aromatic heterocycles. The molecule has 0 saturated carbocycles. The molecule has 8 nitrogen and oxygen atoms in total. The van der Waals surface area contributed by atoms with Crippen LogP contribution in [0, 0.1) is 5.92 Å². The zero-order chi connectivity index (χ0) is 27.1. The molecule has 1 aliphatic rings. The lowest BCUT2D eigenvalue weighted by Gasteiger charge is -2.36. The molecule has 2 aromatic carbocycles. The van der Waals surface area contributed by atoms with Crippen molar-refractivity contribution in [3.05, 3.63) is 71.0 Å². The second kappa shape index (κ2) is 13.2. The molecule has 0 spiro atoms. The Morgan fingerprint density at radius 2 is 1.68 bits per heavy atom. The van der Waals surface area contributed by atoms with E-state index in [1.165, 1.54) is 17.4 Å². The van der Waals surface area contributed by atoms with Crippen LogP contribution in [0.3, 0.4) is 0 Å². The van der Waals surface area contributed by atoms with E-state index < -0.39 is 0 Å². The van der Waals surface area contributed by atoms with Gasteiger partial charge in [0.1, 0.15) is 0 Å². The van der Waals surface area contributed by atoms with Crippen LogP contribution in [0.2, 0.25) is 5.02 Å². The van der Waals surface area contributed by atoms with Gasteiger partial charge in [-0.25, -0.2) is 0 Å². The minimum atomic E-state index is -0.331. The molecule has 2 amide bonds. The van der Waals surface area contributed by atoms with Gasteiger partial charge in [-0.1, -0.05) is 67.5 Å². The average Bonchev–Trinajstić information content (AvgIpc) is 3.35. The first kappa shape index (κ1) is 28.0.